The number of carboxylic acid groups (broad SMARTS) is 1. The quantitative estimate of drug-likeness (QED) is 0.792. The highest BCUT2D eigenvalue weighted by molar-refractivity contribution is 5.94. The second-order valence-corrected chi connectivity index (χ2v) is 6.60. The van der Waals surface area contributed by atoms with Crippen molar-refractivity contribution in [1.82, 2.24) is 9.80 Å². The lowest BCUT2D eigenvalue weighted by Gasteiger charge is -2.34. The van der Waals surface area contributed by atoms with Crippen molar-refractivity contribution >= 4 is 17.8 Å². The van der Waals surface area contributed by atoms with E-state index in [0.717, 1.165) is 12.0 Å². The fourth-order valence-electron chi connectivity index (χ4n) is 3.13. The molecule has 1 aliphatic heterocycles. The molecule has 1 saturated heterocycles. The molecule has 2 amide bonds. The minimum atomic E-state index is -1.06. The van der Waals surface area contributed by atoms with Crippen LogP contribution in [0.15, 0.2) is 24.3 Å². The molecule has 0 radical (unpaired) electrons. The molecule has 1 heterocycles. The maximum absolute atomic E-state index is 12.8. The summed E-state index contributed by atoms with van der Waals surface area (Å²) in [5.74, 6) is -1.76. The fourth-order valence-corrected chi connectivity index (χ4v) is 3.13. The molecule has 1 N–H and O–H groups in total. The molecule has 1 fully saturated rings. The van der Waals surface area contributed by atoms with Crippen LogP contribution in [0, 0.1) is 12.8 Å². The van der Waals surface area contributed by atoms with Crippen LogP contribution in [0.2, 0.25) is 0 Å². The van der Waals surface area contributed by atoms with Gasteiger partial charge in [0.25, 0.3) is 5.91 Å². The van der Waals surface area contributed by atoms with Gasteiger partial charge in [0.2, 0.25) is 5.91 Å². The number of rotatable bonds is 7. The van der Waals surface area contributed by atoms with Crippen LogP contribution in [0.5, 0.6) is 0 Å². The summed E-state index contributed by atoms with van der Waals surface area (Å²) in [6.45, 7) is 3.02. The van der Waals surface area contributed by atoms with E-state index in [0.29, 0.717) is 25.1 Å². The zero-order valence-corrected chi connectivity index (χ0v) is 15.3. The van der Waals surface area contributed by atoms with Gasteiger partial charge in [-0.1, -0.05) is 17.7 Å². The van der Waals surface area contributed by atoms with Crippen LogP contribution in [0.25, 0.3) is 0 Å². The van der Waals surface area contributed by atoms with Gasteiger partial charge >= 0.3 is 5.97 Å². The lowest BCUT2D eigenvalue weighted by atomic mass is 9.95. The molecule has 142 valence electrons. The zero-order valence-electron chi connectivity index (χ0n) is 15.3. The molecule has 7 nitrogen and oxygen atoms in total. The summed E-state index contributed by atoms with van der Waals surface area (Å²) in [5.41, 5.74) is 1.68. The van der Waals surface area contributed by atoms with E-state index >= 15 is 0 Å². The molecule has 2 rings (SSSR count). The maximum atomic E-state index is 12.8. The van der Waals surface area contributed by atoms with E-state index in [-0.39, 0.29) is 37.4 Å². The van der Waals surface area contributed by atoms with E-state index in [1.807, 2.05) is 19.1 Å². The number of carboxylic acids is 1. The number of amides is 2. The van der Waals surface area contributed by atoms with Crippen molar-refractivity contribution in [1.29, 1.82) is 0 Å². The Labute approximate surface area is 153 Å². The van der Waals surface area contributed by atoms with Crippen LogP contribution in [-0.2, 0) is 14.3 Å². The number of hydrogen-bond donors (Lipinski definition) is 1. The third kappa shape index (κ3) is 5.29. The first-order chi connectivity index (χ1) is 12.4. The Morgan fingerprint density at radius 3 is 2.58 bits per heavy atom. The summed E-state index contributed by atoms with van der Waals surface area (Å²) in [7, 11) is 1.51. The SMILES string of the molecule is COCCN(CC(=O)O)C(=O)C1CCCN(C(=O)c2ccc(C)cc2)C1. The number of carbonyl (C=O) groups excluding carboxylic acids is 2. The van der Waals surface area contributed by atoms with Gasteiger partial charge < -0.3 is 19.6 Å². The van der Waals surface area contributed by atoms with Crippen molar-refractivity contribution in [2.24, 2.45) is 5.92 Å². The van der Waals surface area contributed by atoms with E-state index < -0.39 is 5.97 Å². The molecule has 7 heteroatoms. The molecule has 1 aliphatic rings. The topological polar surface area (TPSA) is 87.2 Å². The van der Waals surface area contributed by atoms with Crippen molar-refractivity contribution in [2.75, 3.05) is 39.9 Å². The summed E-state index contributed by atoms with van der Waals surface area (Å²) in [6, 6.07) is 7.36. The summed E-state index contributed by atoms with van der Waals surface area (Å²) in [4.78, 5) is 39.5. The number of likely N-dealkylation sites (tertiary alicyclic amines) is 1. The summed E-state index contributed by atoms with van der Waals surface area (Å²) >= 11 is 0. The Balaban J connectivity index is 2.05. The first-order valence-electron chi connectivity index (χ1n) is 8.78. The number of aliphatic carboxylic acids is 1. The molecular weight excluding hydrogens is 336 g/mol. The second kappa shape index (κ2) is 9.33. The summed E-state index contributed by atoms with van der Waals surface area (Å²) < 4.78 is 4.97. The number of nitrogens with zero attached hydrogens (tertiary/aromatic N) is 2. The first kappa shape index (κ1) is 19.9. The average Bonchev–Trinajstić information content (AvgIpc) is 2.64. The fraction of sp³-hybridized carbons (Fsp3) is 0.526. The van der Waals surface area contributed by atoms with Crippen molar-refractivity contribution < 1.29 is 24.2 Å². The first-order valence-corrected chi connectivity index (χ1v) is 8.78. The standard InChI is InChI=1S/C19H26N2O5/c1-14-5-7-15(8-6-14)18(24)20-9-3-4-16(12-20)19(25)21(10-11-26-2)13-17(22)23/h5-8,16H,3-4,9-13H2,1-2H3,(H,22,23). The molecule has 0 spiro atoms. The molecule has 26 heavy (non-hydrogen) atoms. The zero-order chi connectivity index (χ0) is 19.1. The highest BCUT2D eigenvalue weighted by Gasteiger charge is 2.32. The van der Waals surface area contributed by atoms with Crippen molar-refractivity contribution in [3.63, 3.8) is 0 Å². The number of aryl methyl sites for hydroxylation is 1. The van der Waals surface area contributed by atoms with Crippen molar-refractivity contribution in [3.8, 4) is 0 Å². The predicted molar refractivity (Wildman–Crippen MR) is 95.9 cm³/mol. The Kier molecular flexibility index (Phi) is 7.15. The molecule has 0 aromatic heterocycles. The number of ether oxygens (including phenoxy) is 1. The third-order valence-corrected chi connectivity index (χ3v) is 4.56. The van der Waals surface area contributed by atoms with E-state index in [2.05, 4.69) is 0 Å². The van der Waals surface area contributed by atoms with E-state index in [1.165, 1.54) is 12.0 Å². The Bertz CT molecular complexity index is 644. The number of carbonyl (C=O) groups is 3. The third-order valence-electron chi connectivity index (χ3n) is 4.56. The van der Waals surface area contributed by atoms with Gasteiger partial charge in [-0.3, -0.25) is 14.4 Å². The molecule has 1 unspecified atom stereocenters. The minimum absolute atomic E-state index is 0.0934. The minimum Gasteiger partial charge on any atom is -0.480 e. The highest BCUT2D eigenvalue weighted by atomic mass is 16.5. The molecule has 0 aliphatic carbocycles. The van der Waals surface area contributed by atoms with Crippen LogP contribution in [-0.4, -0.2) is 72.6 Å². The van der Waals surface area contributed by atoms with Crippen LogP contribution in [0.1, 0.15) is 28.8 Å². The van der Waals surface area contributed by atoms with Gasteiger partial charge in [0.15, 0.2) is 0 Å². The number of benzene rings is 1. The average molecular weight is 362 g/mol. The van der Waals surface area contributed by atoms with Gasteiger partial charge in [0.1, 0.15) is 6.54 Å². The Morgan fingerprint density at radius 2 is 1.96 bits per heavy atom. The van der Waals surface area contributed by atoms with Crippen molar-refractivity contribution in [2.45, 2.75) is 19.8 Å². The van der Waals surface area contributed by atoms with Crippen LogP contribution in [0.3, 0.4) is 0 Å². The molecule has 0 bridgehead atoms. The maximum Gasteiger partial charge on any atom is 0.323 e. The monoisotopic (exact) mass is 362 g/mol. The van der Waals surface area contributed by atoms with Crippen molar-refractivity contribution in [3.05, 3.63) is 35.4 Å². The second-order valence-electron chi connectivity index (χ2n) is 6.60. The van der Waals surface area contributed by atoms with Crippen LogP contribution >= 0.6 is 0 Å². The van der Waals surface area contributed by atoms with E-state index in [1.54, 1.807) is 17.0 Å². The Hall–Kier alpha value is -2.41. The van der Waals surface area contributed by atoms with Crippen LogP contribution in [0.4, 0.5) is 0 Å². The predicted octanol–water partition coefficient (Wildman–Crippen LogP) is 1.41. The van der Waals surface area contributed by atoms with E-state index in [9.17, 15) is 14.4 Å². The molecular formula is C19H26N2O5. The molecule has 1 aromatic rings. The highest BCUT2D eigenvalue weighted by Crippen LogP contribution is 2.21. The van der Waals surface area contributed by atoms with Gasteiger partial charge in [-0.25, -0.2) is 0 Å². The smallest absolute Gasteiger partial charge is 0.323 e. The summed E-state index contributed by atoms with van der Waals surface area (Å²) in [5, 5.41) is 9.04. The normalized spacial score (nSPS) is 17.0. The molecule has 1 atom stereocenters. The Morgan fingerprint density at radius 1 is 1.27 bits per heavy atom. The molecule has 0 saturated carbocycles. The van der Waals surface area contributed by atoms with Gasteiger partial charge in [0.05, 0.1) is 12.5 Å². The van der Waals surface area contributed by atoms with Gasteiger partial charge in [-0.05, 0) is 31.9 Å². The van der Waals surface area contributed by atoms with Crippen LogP contribution < -0.4 is 0 Å². The number of hydrogen-bond acceptors (Lipinski definition) is 4. The number of methoxy groups -OCH3 is 1. The van der Waals surface area contributed by atoms with Gasteiger partial charge in [-0.15, -0.1) is 0 Å². The lowest BCUT2D eigenvalue weighted by Crippen LogP contribution is -2.48. The summed E-state index contributed by atoms with van der Waals surface area (Å²) in [6.07, 6.45) is 1.37. The lowest BCUT2D eigenvalue weighted by molar-refractivity contribution is -0.147. The van der Waals surface area contributed by atoms with E-state index in [4.69, 9.17) is 9.84 Å². The molecule has 1 aromatic carbocycles. The van der Waals surface area contributed by atoms with Gasteiger partial charge in [0, 0.05) is 32.3 Å². The van der Waals surface area contributed by atoms with Gasteiger partial charge in [-0.2, -0.15) is 0 Å². The number of piperidine rings is 1. The largest absolute Gasteiger partial charge is 0.480 e.